The van der Waals surface area contributed by atoms with Gasteiger partial charge in [0.1, 0.15) is 0 Å². The number of aliphatic hydroxyl groups is 1. The third-order valence-electron chi connectivity index (χ3n) is 4.73. The highest BCUT2D eigenvalue weighted by atomic mass is 16.3. The monoisotopic (exact) mass is 349 g/mol. The first kappa shape index (κ1) is 18.4. The highest BCUT2D eigenvalue weighted by Crippen LogP contribution is 2.16. The molecule has 0 bridgehead atoms. The number of rotatable bonds is 8. The summed E-state index contributed by atoms with van der Waals surface area (Å²) in [6.45, 7) is 5.27. The zero-order valence-electron chi connectivity index (χ0n) is 15.5. The molecule has 1 aromatic heterocycles. The second-order valence-corrected chi connectivity index (χ2v) is 6.70. The van der Waals surface area contributed by atoms with Crippen molar-refractivity contribution in [2.75, 3.05) is 6.54 Å². The molecule has 0 aliphatic carbocycles. The van der Waals surface area contributed by atoms with Crippen LogP contribution in [0, 0.1) is 6.92 Å². The Morgan fingerprint density at radius 1 is 1.12 bits per heavy atom. The Bertz CT molecular complexity index is 826. The molecule has 1 unspecified atom stereocenters. The van der Waals surface area contributed by atoms with Crippen LogP contribution in [0.15, 0.2) is 60.8 Å². The number of hydrogen-bond donors (Lipinski definition) is 2. The molecule has 136 valence electrons. The van der Waals surface area contributed by atoms with Crippen LogP contribution < -0.4 is 5.32 Å². The molecule has 0 fully saturated rings. The number of para-hydroxylation sites is 1. The van der Waals surface area contributed by atoms with E-state index in [-0.39, 0.29) is 12.6 Å². The zero-order chi connectivity index (χ0) is 18.4. The molecular weight excluding hydrogens is 322 g/mol. The van der Waals surface area contributed by atoms with Crippen LogP contribution in [-0.4, -0.2) is 21.4 Å². The molecule has 0 aliphatic rings. The fourth-order valence-electron chi connectivity index (χ4n) is 3.13. The van der Waals surface area contributed by atoms with Gasteiger partial charge in [0.05, 0.1) is 18.0 Å². The molecule has 3 rings (SSSR count). The average Bonchev–Trinajstić information content (AvgIpc) is 3.06. The first-order valence-electron chi connectivity index (χ1n) is 9.21. The van der Waals surface area contributed by atoms with Crippen LogP contribution in [0.2, 0.25) is 0 Å². The van der Waals surface area contributed by atoms with E-state index in [4.69, 9.17) is 0 Å². The summed E-state index contributed by atoms with van der Waals surface area (Å²) in [6.07, 6.45) is 4.21. The molecule has 2 N–H and O–H groups in total. The SMILES string of the molecule is Cc1nn(-c2ccccc2)cc1CCCNC(C)c1cccc(CO)c1. The van der Waals surface area contributed by atoms with Crippen molar-refractivity contribution < 1.29 is 5.11 Å². The molecule has 0 amide bonds. The Hall–Kier alpha value is -2.43. The van der Waals surface area contributed by atoms with Crippen molar-refractivity contribution in [3.05, 3.63) is 83.2 Å². The summed E-state index contributed by atoms with van der Waals surface area (Å²) in [7, 11) is 0. The number of benzene rings is 2. The third kappa shape index (κ3) is 4.59. The summed E-state index contributed by atoms with van der Waals surface area (Å²) in [4.78, 5) is 0. The molecule has 4 heteroatoms. The number of aliphatic hydroxyl groups excluding tert-OH is 1. The van der Waals surface area contributed by atoms with Gasteiger partial charge in [-0.1, -0.05) is 42.5 Å². The number of aromatic nitrogens is 2. The predicted molar refractivity (Wildman–Crippen MR) is 105 cm³/mol. The number of hydrogen-bond acceptors (Lipinski definition) is 3. The molecular formula is C22H27N3O. The molecule has 1 atom stereocenters. The van der Waals surface area contributed by atoms with Gasteiger partial charge in [0.2, 0.25) is 0 Å². The van der Waals surface area contributed by atoms with Gasteiger partial charge in [0.15, 0.2) is 0 Å². The summed E-state index contributed by atoms with van der Waals surface area (Å²) in [6, 6.07) is 18.6. The maximum absolute atomic E-state index is 9.27. The Morgan fingerprint density at radius 2 is 1.92 bits per heavy atom. The normalized spacial score (nSPS) is 12.3. The van der Waals surface area contributed by atoms with Crippen LogP contribution in [0.1, 0.15) is 41.8 Å². The minimum Gasteiger partial charge on any atom is -0.392 e. The maximum atomic E-state index is 9.27. The molecule has 0 aliphatic heterocycles. The van der Waals surface area contributed by atoms with Gasteiger partial charge in [0.25, 0.3) is 0 Å². The molecule has 0 radical (unpaired) electrons. The molecule has 2 aromatic carbocycles. The van der Waals surface area contributed by atoms with Crippen molar-refractivity contribution in [3.8, 4) is 5.69 Å². The van der Waals surface area contributed by atoms with Gasteiger partial charge in [-0.25, -0.2) is 4.68 Å². The minimum absolute atomic E-state index is 0.0885. The smallest absolute Gasteiger partial charge is 0.0681 e. The Labute approximate surface area is 155 Å². The van der Waals surface area contributed by atoms with Crippen LogP contribution in [0.5, 0.6) is 0 Å². The van der Waals surface area contributed by atoms with E-state index in [1.807, 2.05) is 35.0 Å². The summed E-state index contributed by atoms with van der Waals surface area (Å²) in [5, 5.41) is 17.5. The quantitative estimate of drug-likeness (QED) is 0.605. The number of nitrogens with one attached hydrogen (secondary N) is 1. The van der Waals surface area contributed by atoms with Crippen molar-refractivity contribution in [1.82, 2.24) is 15.1 Å². The van der Waals surface area contributed by atoms with E-state index in [0.29, 0.717) is 0 Å². The lowest BCUT2D eigenvalue weighted by Crippen LogP contribution is -2.20. The average molecular weight is 349 g/mol. The minimum atomic E-state index is 0.0885. The lowest BCUT2D eigenvalue weighted by molar-refractivity contribution is 0.281. The van der Waals surface area contributed by atoms with Gasteiger partial charge in [-0.15, -0.1) is 0 Å². The van der Waals surface area contributed by atoms with Gasteiger partial charge in [-0.3, -0.25) is 0 Å². The highest BCUT2D eigenvalue weighted by Gasteiger charge is 2.08. The fraction of sp³-hybridized carbons (Fsp3) is 0.318. The summed E-state index contributed by atoms with van der Waals surface area (Å²) in [5.74, 6) is 0. The van der Waals surface area contributed by atoms with Crippen molar-refractivity contribution in [3.63, 3.8) is 0 Å². The Balaban J connectivity index is 1.51. The van der Waals surface area contributed by atoms with Gasteiger partial charge in [-0.05, 0) is 62.1 Å². The highest BCUT2D eigenvalue weighted by molar-refractivity contribution is 5.32. The third-order valence-corrected chi connectivity index (χ3v) is 4.73. The van der Waals surface area contributed by atoms with Gasteiger partial charge < -0.3 is 10.4 Å². The van der Waals surface area contributed by atoms with Crippen molar-refractivity contribution in [2.24, 2.45) is 0 Å². The topological polar surface area (TPSA) is 50.1 Å². The lowest BCUT2D eigenvalue weighted by atomic mass is 10.1. The standard InChI is InChI=1S/C22H27N3O/c1-17(20-9-6-8-19(14-20)16-26)23-13-7-10-21-15-25(24-18(21)2)22-11-4-3-5-12-22/h3-6,8-9,11-12,14-15,17,23,26H,7,10,13,16H2,1-2H3. The van der Waals surface area contributed by atoms with E-state index in [1.54, 1.807) is 0 Å². The van der Waals surface area contributed by atoms with E-state index in [1.165, 1.54) is 11.1 Å². The summed E-state index contributed by atoms with van der Waals surface area (Å²) >= 11 is 0. The predicted octanol–water partition coefficient (Wildman–Crippen LogP) is 3.96. The van der Waals surface area contributed by atoms with Gasteiger partial charge in [0, 0.05) is 12.2 Å². The largest absolute Gasteiger partial charge is 0.392 e. The molecule has 0 spiro atoms. The zero-order valence-corrected chi connectivity index (χ0v) is 15.5. The summed E-state index contributed by atoms with van der Waals surface area (Å²) < 4.78 is 1.96. The molecule has 3 aromatic rings. The van der Waals surface area contributed by atoms with E-state index in [0.717, 1.165) is 36.3 Å². The second-order valence-electron chi connectivity index (χ2n) is 6.70. The first-order chi connectivity index (χ1) is 12.7. The number of aryl methyl sites for hydroxylation is 2. The lowest BCUT2D eigenvalue weighted by Gasteiger charge is -2.15. The van der Waals surface area contributed by atoms with E-state index in [9.17, 15) is 5.11 Å². The second kappa shape index (κ2) is 8.79. The van der Waals surface area contributed by atoms with Crippen LogP contribution >= 0.6 is 0 Å². The van der Waals surface area contributed by atoms with E-state index < -0.39 is 0 Å². The van der Waals surface area contributed by atoms with E-state index in [2.05, 4.69) is 54.7 Å². The Kier molecular flexibility index (Phi) is 6.21. The molecule has 1 heterocycles. The van der Waals surface area contributed by atoms with Crippen molar-refractivity contribution >= 4 is 0 Å². The Morgan fingerprint density at radius 3 is 2.69 bits per heavy atom. The van der Waals surface area contributed by atoms with E-state index >= 15 is 0 Å². The van der Waals surface area contributed by atoms with Crippen LogP contribution in [0.25, 0.3) is 5.69 Å². The van der Waals surface area contributed by atoms with Crippen LogP contribution in [0.4, 0.5) is 0 Å². The van der Waals surface area contributed by atoms with Gasteiger partial charge in [-0.2, -0.15) is 5.10 Å². The molecule has 0 saturated carbocycles. The molecule has 26 heavy (non-hydrogen) atoms. The molecule has 0 saturated heterocycles. The van der Waals surface area contributed by atoms with Crippen molar-refractivity contribution in [2.45, 2.75) is 39.3 Å². The number of nitrogens with zero attached hydrogens (tertiary/aromatic N) is 2. The molecule has 4 nitrogen and oxygen atoms in total. The van der Waals surface area contributed by atoms with Crippen LogP contribution in [0.3, 0.4) is 0 Å². The van der Waals surface area contributed by atoms with Crippen molar-refractivity contribution in [1.29, 1.82) is 0 Å². The fourth-order valence-corrected chi connectivity index (χ4v) is 3.13. The van der Waals surface area contributed by atoms with Crippen LogP contribution in [-0.2, 0) is 13.0 Å². The summed E-state index contributed by atoms with van der Waals surface area (Å²) in [5.41, 5.74) is 5.66. The first-order valence-corrected chi connectivity index (χ1v) is 9.21. The van der Waals surface area contributed by atoms with Gasteiger partial charge >= 0.3 is 0 Å². The maximum Gasteiger partial charge on any atom is 0.0681 e.